The highest BCUT2D eigenvalue weighted by Crippen LogP contribution is 2.12. The van der Waals surface area contributed by atoms with Gasteiger partial charge in [-0.25, -0.2) is 0 Å². The number of rotatable bonds is 9. The van der Waals surface area contributed by atoms with Crippen LogP contribution in [0.15, 0.2) is 24.3 Å². The maximum absolute atomic E-state index is 10.5. The molecule has 1 aromatic rings. The van der Waals surface area contributed by atoms with E-state index in [1.54, 1.807) is 24.3 Å². The van der Waals surface area contributed by atoms with Crippen LogP contribution in [-0.4, -0.2) is 32.4 Å². The van der Waals surface area contributed by atoms with Crippen LogP contribution in [0.4, 0.5) is 0 Å². The minimum absolute atomic E-state index is 0.214. The first-order valence-electron chi connectivity index (χ1n) is 6.21. The molecule has 4 heteroatoms. The number of benzene rings is 1. The summed E-state index contributed by atoms with van der Waals surface area (Å²) in [6, 6.07) is 7.01. The first-order valence-corrected chi connectivity index (χ1v) is 6.21. The fourth-order valence-electron chi connectivity index (χ4n) is 1.50. The highest BCUT2D eigenvalue weighted by molar-refractivity contribution is 5.74. The lowest BCUT2D eigenvalue weighted by molar-refractivity contribution is -0.142. The normalized spacial score (nSPS) is 10.6. The summed E-state index contributed by atoms with van der Waals surface area (Å²) in [5, 5.41) is 0. The van der Waals surface area contributed by atoms with E-state index in [0.717, 1.165) is 12.0 Å². The van der Waals surface area contributed by atoms with Crippen molar-refractivity contribution in [3.8, 4) is 5.75 Å². The van der Waals surface area contributed by atoms with Crippen molar-refractivity contribution in [2.24, 2.45) is 0 Å². The third-order valence-electron chi connectivity index (χ3n) is 2.34. The van der Waals surface area contributed by atoms with E-state index < -0.39 is 0 Å². The van der Waals surface area contributed by atoms with Crippen LogP contribution >= 0.6 is 0 Å². The van der Waals surface area contributed by atoms with Crippen molar-refractivity contribution in [3.05, 3.63) is 29.8 Å². The zero-order valence-electron chi connectivity index (χ0n) is 10.9. The Morgan fingerprint density at radius 2 is 1.72 bits per heavy atom. The van der Waals surface area contributed by atoms with Crippen molar-refractivity contribution in [2.45, 2.75) is 26.6 Å². The number of hydrogen-bond acceptors (Lipinski definition) is 4. The summed E-state index contributed by atoms with van der Waals surface area (Å²) in [4.78, 5) is 10.5. The average molecular weight is 252 g/mol. The van der Waals surface area contributed by atoms with Crippen LogP contribution in [0.5, 0.6) is 5.75 Å². The third-order valence-corrected chi connectivity index (χ3v) is 2.34. The van der Waals surface area contributed by atoms with Crippen LogP contribution in [0.1, 0.15) is 30.6 Å². The second-order valence-electron chi connectivity index (χ2n) is 3.66. The molecule has 0 N–H and O–H groups in total. The quantitative estimate of drug-likeness (QED) is 0.500. The molecule has 4 nitrogen and oxygen atoms in total. The van der Waals surface area contributed by atoms with E-state index in [1.807, 2.05) is 13.8 Å². The fraction of sp³-hybridized carbons (Fsp3) is 0.500. The van der Waals surface area contributed by atoms with E-state index >= 15 is 0 Å². The van der Waals surface area contributed by atoms with Crippen LogP contribution < -0.4 is 4.74 Å². The van der Waals surface area contributed by atoms with E-state index in [2.05, 4.69) is 0 Å². The molecule has 0 saturated heterocycles. The molecule has 0 heterocycles. The van der Waals surface area contributed by atoms with Crippen molar-refractivity contribution in [3.63, 3.8) is 0 Å². The first-order chi connectivity index (χ1) is 8.80. The monoisotopic (exact) mass is 252 g/mol. The minimum Gasteiger partial charge on any atom is -0.493 e. The van der Waals surface area contributed by atoms with E-state index in [0.29, 0.717) is 31.8 Å². The predicted molar refractivity (Wildman–Crippen MR) is 69.0 cm³/mol. The summed E-state index contributed by atoms with van der Waals surface area (Å²) in [5.41, 5.74) is 0.642. The Kier molecular flexibility index (Phi) is 7.06. The Hall–Kier alpha value is -1.39. The smallest absolute Gasteiger partial charge is 0.160 e. The summed E-state index contributed by atoms with van der Waals surface area (Å²) in [6.07, 6.45) is 1.27. The number of hydrogen-bond donors (Lipinski definition) is 0. The lowest BCUT2D eigenvalue weighted by Gasteiger charge is -2.17. The van der Waals surface area contributed by atoms with Gasteiger partial charge in [-0.05, 0) is 38.1 Å². The van der Waals surface area contributed by atoms with Gasteiger partial charge in [-0.1, -0.05) is 0 Å². The van der Waals surface area contributed by atoms with E-state index in [-0.39, 0.29) is 6.29 Å². The Morgan fingerprint density at radius 1 is 1.11 bits per heavy atom. The van der Waals surface area contributed by atoms with Crippen LogP contribution in [0.25, 0.3) is 0 Å². The standard InChI is InChI=1S/C14H20O4/c1-3-16-14(17-4-2)9-10-18-13-7-5-12(11-15)6-8-13/h5-8,11,14H,3-4,9-10H2,1-2H3. The number of carbonyl (C=O) groups excluding carboxylic acids is 1. The molecule has 0 aliphatic carbocycles. The molecule has 0 aromatic heterocycles. The van der Waals surface area contributed by atoms with Crippen LogP contribution in [0.2, 0.25) is 0 Å². The SMILES string of the molecule is CCOC(CCOc1ccc(C=O)cc1)OCC. The summed E-state index contributed by atoms with van der Waals surface area (Å²) in [7, 11) is 0. The highest BCUT2D eigenvalue weighted by Gasteiger charge is 2.07. The zero-order valence-corrected chi connectivity index (χ0v) is 10.9. The van der Waals surface area contributed by atoms with Gasteiger partial charge < -0.3 is 14.2 Å². The summed E-state index contributed by atoms with van der Waals surface area (Å²) >= 11 is 0. The summed E-state index contributed by atoms with van der Waals surface area (Å²) in [5.74, 6) is 0.743. The van der Waals surface area contributed by atoms with Gasteiger partial charge in [-0.3, -0.25) is 4.79 Å². The molecule has 1 aromatic carbocycles. The fourth-order valence-corrected chi connectivity index (χ4v) is 1.50. The van der Waals surface area contributed by atoms with Gasteiger partial charge >= 0.3 is 0 Å². The number of aldehydes is 1. The molecule has 100 valence electrons. The Balaban J connectivity index is 2.32. The van der Waals surface area contributed by atoms with Gasteiger partial charge in [0.2, 0.25) is 0 Å². The molecule has 0 bridgehead atoms. The van der Waals surface area contributed by atoms with Crippen LogP contribution in [0.3, 0.4) is 0 Å². The lowest BCUT2D eigenvalue weighted by atomic mass is 10.2. The Bertz CT molecular complexity index is 328. The van der Waals surface area contributed by atoms with Gasteiger partial charge in [0.1, 0.15) is 12.0 Å². The molecule has 0 saturated carbocycles. The largest absolute Gasteiger partial charge is 0.493 e. The van der Waals surface area contributed by atoms with E-state index in [4.69, 9.17) is 14.2 Å². The van der Waals surface area contributed by atoms with Crippen molar-refractivity contribution >= 4 is 6.29 Å². The molecule has 0 fully saturated rings. The lowest BCUT2D eigenvalue weighted by Crippen LogP contribution is -2.20. The molecule has 1 rings (SSSR count). The second kappa shape index (κ2) is 8.66. The molecule has 0 unspecified atom stereocenters. The summed E-state index contributed by atoms with van der Waals surface area (Å²) < 4.78 is 16.4. The molecule has 0 radical (unpaired) electrons. The van der Waals surface area contributed by atoms with Gasteiger partial charge in [0, 0.05) is 25.2 Å². The maximum Gasteiger partial charge on any atom is 0.160 e. The molecule has 0 aliphatic rings. The Morgan fingerprint density at radius 3 is 2.22 bits per heavy atom. The van der Waals surface area contributed by atoms with E-state index in [9.17, 15) is 4.79 Å². The van der Waals surface area contributed by atoms with Gasteiger partial charge in [-0.15, -0.1) is 0 Å². The van der Waals surface area contributed by atoms with Gasteiger partial charge in [0.25, 0.3) is 0 Å². The van der Waals surface area contributed by atoms with Gasteiger partial charge in [0.15, 0.2) is 6.29 Å². The highest BCUT2D eigenvalue weighted by atomic mass is 16.7. The molecule has 0 spiro atoms. The molecule has 18 heavy (non-hydrogen) atoms. The molecular formula is C14H20O4. The number of ether oxygens (including phenoxy) is 3. The van der Waals surface area contributed by atoms with Gasteiger partial charge in [-0.2, -0.15) is 0 Å². The van der Waals surface area contributed by atoms with Crippen molar-refractivity contribution in [2.75, 3.05) is 19.8 Å². The molecule has 0 amide bonds. The number of carbonyl (C=O) groups is 1. The second-order valence-corrected chi connectivity index (χ2v) is 3.66. The molecular weight excluding hydrogens is 232 g/mol. The predicted octanol–water partition coefficient (Wildman–Crippen LogP) is 2.67. The molecule has 0 atom stereocenters. The zero-order chi connectivity index (χ0) is 13.2. The summed E-state index contributed by atoms with van der Waals surface area (Å²) in [6.45, 7) is 5.64. The van der Waals surface area contributed by atoms with Crippen molar-refractivity contribution in [1.29, 1.82) is 0 Å². The van der Waals surface area contributed by atoms with E-state index in [1.165, 1.54) is 0 Å². The van der Waals surface area contributed by atoms with Crippen molar-refractivity contribution in [1.82, 2.24) is 0 Å². The topological polar surface area (TPSA) is 44.8 Å². The van der Waals surface area contributed by atoms with Gasteiger partial charge in [0.05, 0.1) is 6.61 Å². The minimum atomic E-state index is -0.214. The van der Waals surface area contributed by atoms with Crippen molar-refractivity contribution < 1.29 is 19.0 Å². The van der Waals surface area contributed by atoms with Crippen LogP contribution in [0, 0.1) is 0 Å². The third kappa shape index (κ3) is 5.29. The Labute approximate surface area is 108 Å². The maximum atomic E-state index is 10.5. The average Bonchev–Trinajstić information content (AvgIpc) is 2.40. The first kappa shape index (κ1) is 14.7. The molecule has 0 aliphatic heterocycles. The van der Waals surface area contributed by atoms with Crippen LogP contribution in [-0.2, 0) is 9.47 Å².